The van der Waals surface area contributed by atoms with Gasteiger partial charge in [-0.1, -0.05) is 76.7 Å². The predicted molar refractivity (Wildman–Crippen MR) is 198 cm³/mol. The molecule has 304 valence electrons. The normalized spacial score (nSPS) is 14.0. The summed E-state index contributed by atoms with van der Waals surface area (Å²) in [7, 11) is 2.51. The van der Waals surface area contributed by atoms with E-state index in [2.05, 4.69) is 12.2 Å². The van der Waals surface area contributed by atoms with Crippen LogP contribution < -0.4 is 20.6 Å². The van der Waals surface area contributed by atoms with E-state index in [1.54, 1.807) is 30.3 Å². The van der Waals surface area contributed by atoms with Gasteiger partial charge >= 0.3 is 23.7 Å². The van der Waals surface area contributed by atoms with Gasteiger partial charge in [-0.05, 0) is 49.8 Å². The van der Waals surface area contributed by atoms with Gasteiger partial charge in [0.1, 0.15) is 11.8 Å². The Morgan fingerprint density at radius 3 is 2.13 bits per heavy atom. The molecule has 0 spiro atoms. The van der Waals surface area contributed by atoms with Crippen molar-refractivity contribution < 1.29 is 56.1 Å². The van der Waals surface area contributed by atoms with Crippen LogP contribution in [0.25, 0.3) is 0 Å². The summed E-state index contributed by atoms with van der Waals surface area (Å²) in [5.41, 5.74) is -1.91. The molecule has 2 N–H and O–H groups in total. The minimum Gasteiger partial charge on any atom is -0.494 e. The van der Waals surface area contributed by atoms with Gasteiger partial charge in [-0.3, -0.25) is 4.79 Å². The second-order valence-electron chi connectivity index (χ2n) is 13.5. The highest BCUT2D eigenvalue weighted by Crippen LogP contribution is 2.30. The average Bonchev–Trinajstić information content (AvgIpc) is 3.46. The Hall–Kier alpha value is -4.04. The van der Waals surface area contributed by atoms with E-state index in [-0.39, 0.29) is 31.6 Å². The Balaban J connectivity index is 2.25. The maximum Gasteiger partial charge on any atom is 0.521 e. The first-order chi connectivity index (χ1) is 25.8. The highest BCUT2D eigenvalue weighted by Gasteiger charge is 2.49. The van der Waals surface area contributed by atoms with Gasteiger partial charge in [-0.25, -0.2) is 23.2 Å². The fourth-order valence-corrected chi connectivity index (χ4v) is 5.76. The van der Waals surface area contributed by atoms with Crippen LogP contribution in [0.5, 0.6) is 11.7 Å². The number of aliphatic hydroxyl groups is 1. The summed E-state index contributed by atoms with van der Waals surface area (Å²) in [6.45, 7) is 5.78. The Kier molecular flexibility index (Phi) is 20.8. The molecule has 0 saturated heterocycles. The number of esters is 2. The maximum absolute atomic E-state index is 14.2. The number of amides is 1. The minimum absolute atomic E-state index is 0.0161. The molecular weight excluding hydrogens is 708 g/mol. The summed E-state index contributed by atoms with van der Waals surface area (Å²) in [4.78, 5) is 52.2. The summed E-state index contributed by atoms with van der Waals surface area (Å²) >= 11 is 0. The molecular formula is C40H59F2NO11. The number of benzene rings is 1. The van der Waals surface area contributed by atoms with E-state index >= 15 is 0 Å². The van der Waals surface area contributed by atoms with Gasteiger partial charge in [0, 0.05) is 46.3 Å². The molecule has 0 aliphatic carbocycles. The SMILES string of the molecule is CCCCCCC(F)(F)CCCCCC/C=C/[C@H](C(=O)N[C@@H](Cc1ccc(OCCCC)cc1)C(=O)OC)[C@@](O)(CCOC)C(=O)Oc1oc(=O)oc1C. The van der Waals surface area contributed by atoms with Crippen LogP contribution >= 0.6 is 0 Å². The first-order valence-electron chi connectivity index (χ1n) is 19.0. The molecule has 0 radical (unpaired) electrons. The van der Waals surface area contributed by atoms with Crippen molar-refractivity contribution in [3.8, 4) is 11.7 Å². The van der Waals surface area contributed by atoms with Gasteiger partial charge in [0.25, 0.3) is 0 Å². The lowest BCUT2D eigenvalue weighted by Crippen LogP contribution is -2.56. The van der Waals surface area contributed by atoms with E-state index in [0.29, 0.717) is 56.4 Å². The Morgan fingerprint density at radius 2 is 1.54 bits per heavy atom. The van der Waals surface area contributed by atoms with Gasteiger partial charge < -0.3 is 38.2 Å². The maximum atomic E-state index is 14.2. The van der Waals surface area contributed by atoms with Crippen LogP contribution in [-0.4, -0.2) is 68.0 Å². The molecule has 1 amide bonds. The van der Waals surface area contributed by atoms with Crippen molar-refractivity contribution in [2.45, 2.75) is 135 Å². The van der Waals surface area contributed by atoms with Crippen LogP contribution in [0.2, 0.25) is 0 Å². The zero-order valence-corrected chi connectivity index (χ0v) is 32.4. The molecule has 12 nitrogen and oxygen atoms in total. The fourth-order valence-electron chi connectivity index (χ4n) is 5.76. The van der Waals surface area contributed by atoms with Crippen molar-refractivity contribution in [2.75, 3.05) is 27.4 Å². The largest absolute Gasteiger partial charge is 0.521 e. The van der Waals surface area contributed by atoms with Gasteiger partial charge in [0.2, 0.25) is 11.8 Å². The number of alkyl halides is 2. The quantitative estimate of drug-likeness (QED) is 0.0503. The van der Waals surface area contributed by atoms with Crippen LogP contribution in [-0.2, 0) is 30.3 Å². The zero-order valence-electron chi connectivity index (χ0n) is 32.4. The molecule has 1 heterocycles. The van der Waals surface area contributed by atoms with Crippen LogP contribution in [0.1, 0.15) is 115 Å². The highest BCUT2D eigenvalue weighted by atomic mass is 19.3. The van der Waals surface area contributed by atoms with Gasteiger partial charge in [0.15, 0.2) is 11.4 Å². The molecule has 3 atom stereocenters. The average molecular weight is 768 g/mol. The van der Waals surface area contributed by atoms with E-state index in [0.717, 1.165) is 32.1 Å². The third-order valence-electron chi connectivity index (χ3n) is 9.04. The Labute approximate surface area is 316 Å². The lowest BCUT2D eigenvalue weighted by molar-refractivity contribution is -0.167. The van der Waals surface area contributed by atoms with Crippen LogP contribution in [0.4, 0.5) is 8.78 Å². The number of halogens is 2. The van der Waals surface area contributed by atoms with Crippen molar-refractivity contribution in [2.24, 2.45) is 5.92 Å². The molecule has 0 aliphatic rings. The van der Waals surface area contributed by atoms with Crippen LogP contribution in [0.3, 0.4) is 0 Å². The molecule has 54 heavy (non-hydrogen) atoms. The molecule has 1 aromatic carbocycles. The second kappa shape index (κ2) is 24.4. The number of hydrogen-bond acceptors (Lipinski definition) is 11. The highest BCUT2D eigenvalue weighted by molar-refractivity contribution is 5.94. The molecule has 2 aromatic rings. The third-order valence-corrected chi connectivity index (χ3v) is 9.04. The summed E-state index contributed by atoms with van der Waals surface area (Å²) in [5, 5.41) is 14.6. The summed E-state index contributed by atoms with van der Waals surface area (Å²) < 4.78 is 59.1. The van der Waals surface area contributed by atoms with Crippen LogP contribution in [0, 0.1) is 12.8 Å². The molecule has 14 heteroatoms. The molecule has 2 rings (SSSR count). The van der Waals surface area contributed by atoms with Gasteiger partial charge in [-0.2, -0.15) is 0 Å². The minimum atomic E-state index is -2.68. The van der Waals surface area contributed by atoms with E-state index in [1.165, 1.54) is 27.2 Å². The number of rotatable bonds is 28. The van der Waals surface area contributed by atoms with Crippen molar-refractivity contribution in [1.82, 2.24) is 5.32 Å². The number of unbranched alkanes of at least 4 members (excludes halogenated alkanes) is 8. The molecule has 0 fully saturated rings. The lowest BCUT2D eigenvalue weighted by atomic mass is 9.82. The Bertz CT molecular complexity index is 1490. The summed E-state index contributed by atoms with van der Waals surface area (Å²) in [6.07, 6.45) is 10.0. The number of ether oxygens (including phenoxy) is 4. The predicted octanol–water partition coefficient (Wildman–Crippen LogP) is 7.41. The fraction of sp³-hybridized carbons (Fsp3) is 0.650. The van der Waals surface area contributed by atoms with Crippen molar-refractivity contribution in [3.05, 3.63) is 58.4 Å². The van der Waals surface area contributed by atoms with E-state index in [1.807, 2.05) is 6.92 Å². The van der Waals surface area contributed by atoms with Gasteiger partial charge in [0.05, 0.1) is 19.6 Å². The smallest absolute Gasteiger partial charge is 0.494 e. The molecule has 0 saturated carbocycles. The molecule has 1 aromatic heterocycles. The van der Waals surface area contributed by atoms with E-state index in [4.69, 9.17) is 27.8 Å². The first kappa shape index (κ1) is 46.1. The number of carbonyl (C=O) groups excluding carboxylic acids is 3. The third kappa shape index (κ3) is 16.1. The number of allylic oxidation sites excluding steroid dienone is 1. The van der Waals surface area contributed by atoms with E-state index in [9.17, 15) is 33.1 Å². The van der Waals surface area contributed by atoms with Crippen molar-refractivity contribution in [1.29, 1.82) is 0 Å². The number of methoxy groups -OCH3 is 2. The first-order valence-corrected chi connectivity index (χ1v) is 19.0. The Morgan fingerprint density at radius 1 is 0.889 bits per heavy atom. The van der Waals surface area contributed by atoms with Crippen LogP contribution in [0.15, 0.2) is 50.0 Å². The van der Waals surface area contributed by atoms with E-state index < -0.39 is 59.5 Å². The topological polar surface area (TPSA) is 164 Å². The molecule has 0 unspecified atom stereocenters. The molecule has 0 bridgehead atoms. The summed E-state index contributed by atoms with van der Waals surface area (Å²) in [6, 6.07) is 5.79. The summed E-state index contributed by atoms with van der Waals surface area (Å²) in [5.74, 6) is -8.55. The van der Waals surface area contributed by atoms with Crippen molar-refractivity contribution in [3.63, 3.8) is 0 Å². The number of hydrogen-bond donors (Lipinski definition) is 2. The number of aryl methyl sites for hydroxylation is 1. The number of carbonyl (C=O) groups is 3. The zero-order chi connectivity index (χ0) is 40.0. The lowest BCUT2D eigenvalue weighted by Gasteiger charge is -2.32. The molecule has 0 aliphatic heterocycles. The second-order valence-corrected chi connectivity index (χ2v) is 13.5. The standard InChI is InChI=1S/C40H59F2NO11/c1-6-8-10-16-23-39(41,42)24-17-14-12-11-13-15-18-32(40(48,25-27-49-4)37(46)53-36-29(3)52-38(47)54-36)34(44)43-33(35(45)50-5)28-30-19-21-31(22-20-30)51-26-9-7-2/h15,18-22,32-33,48H,6-14,16-17,23-28H2,1-5H3,(H,43,44)/b18-15+/t32-,33+,40+/m1/s1. The van der Waals surface area contributed by atoms with Crippen molar-refractivity contribution >= 4 is 17.8 Å². The monoisotopic (exact) mass is 767 g/mol. The van der Waals surface area contributed by atoms with Gasteiger partial charge in [-0.15, -0.1) is 0 Å². The number of nitrogens with one attached hydrogen (secondary N) is 1.